The van der Waals surface area contributed by atoms with Crippen LogP contribution < -0.4 is 11.1 Å². The molecule has 0 aromatic heterocycles. The summed E-state index contributed by atoms with van der Waals surface area (Å²) in [6.45, 7) is 7.41. The monoisotopic (exact) mass is 255 g/mol. The summed E-state index contributed by atoms with van der Waals surface area (Å²) in [6.07, 6.45) is 7.34. The number of nitrogens with two attached hydrogens (primary N) is 1. The number of nitrogens with one attached hydrogen (secondary N) is 1. The lowest BCUT2D eigenvalue weighted by Crippen LogP contribution is -2.35. The molecule has 0 aromatic carbocycles. The molecule has 1 fully saturated rings. The van der Waals surface area contributed by atoms with Crippen molar-refractivity contribution in [3.63, 3.8) is 0 Å². The fraction of sp³-hybridized carbons (Fsp3) is 0.929. The second kappa shape index (κ2) is 6.98. The first kappa shape index (κ1) is 15.3. The van der Waals surface area contributed by atoms with Gasteiger partial charge in [-0.25, -0.2) is 0 Å². The van der Waals surface area contributed by atoms with Crippen molar-refractivity contribution in [1.29, 1.82) is 0 Å². The van der Waals surface area contributed by atoms with Gasteiger partial charge >= 0.3 is 0 Å². The Balaban J connectivity index is 2.15. The fourth-order valence-corrected chi connectivity index (χ4v) is 2.56. The second-order valence-corrected chi connectivity index (χ2v) is 6.38. The van der Waals surface area contributed by atoms with Gasteiger partial charge in [-0.15, -0.1) is 0 Å². The van der Waals surface area contributed by atoms with Crippen molar-refractivity contribution in [2.45, 2.75) is 65.3 Å². The van der Waals surface area contributed by atoms with E-state index in [2.05, 4.69) is 17.4 Å². The smallest absolute Gasteiger partial charge is 0.144 e. The zero-order valence-electron chi connectivity index (χ0n) is 12.1. The summed E-state index contributed by atoms with van der Waals surface area (Å²) in [6, 6.07) is 0.702. The van der Waals surface area contributed by atoms with Gasteiger partial charge in [-0.05, 0) is 51.0 Å². The maximum Gasteiger partial charge on any atom is 0.144 e. The molecule has 0 spiro atoms. The summed E-state index contributed by atoms with van der Waals surface area (Å²) in [7, 11) is 0. The molecule has 1 saturated carbocycles. The Morgan fingerprint density at radius 1 is 1.33 bits per heavy atom. The summed E-state index contributed by atoms with van der Waals surface area (Å²) in [5.41, 5.74) is 5.46. The molecule has 0 atom stereocenters. The van der Waals surface area contributed by atoms with Gasteiger partial charge < -0.3 is 16.3 Å². The molecule has 0 unspecified atom stereocenters. The normalized spacial score (nSPS) is 26.3. The molecule has 0 saturated heterocycles. The largest absolute Gasteiger partial charge is 0.409 e. The number of hydrogen-bond donors (Lipinski definition) is 3. The van der Waals surface area contributed by atoms with Crippen LogP contribution in [0.2, 0.25) is 0 Å². The molecule has 0 aliphatic heterocycles. The van der Waals surface area contributed by atoms with Gasteiger partial charge in [-0.2, -0.15) is 0 Å². The van der Waals surface area contributed by atoms with Gasteiger partial charge in [0, 0.05) is 11.5 Å². The van der Waals surface area contributed by atoms with E-state index in [1.165, 1.54) is 25.7 Å². The topological polar surface area (TPSA) is 70.6 Å². The van der Waals surface area contributed by atoms with Crippen LogP contribution in [0.15, 0.2) is 5.16 Å². The summed E-state index contributed by atoms with van der Waals surface area (Å²) in [5, 5.41) is 15.4. The van der Waals surface area contributed by atoms with Crippen molar-refractivity contribution in [2.75, 3.05) is 6.54 Å². The number of nitrogens with zero attached hydrogens (tertiary/aromatic N) is 1. The van der Waals surface area contributed by atoms with Gasteiger partial charge in [0.2, 0.25) is 0 Å². The van der Waals surface area contributed by atoms with E-state index in [0.29, 0.717) is 11.9 Å². The van der Waals surface area contributed by atoms with Crippen molar-refractivity contribution < 1.29 is 5.21 Å². The maximum absolute atomic E-state index is 8.70. The minimum atomic E-state index is -0.211. The first-order valence-corrected chi connectivity index (χ1v) is 7.17. The van der Waals surface area contributed by atoms with Crippen molar-refractivity contribution >= 4 is 5.84 Å². The van der Waals surface area contributed by atoms with Crippen LogP contribution in [-0.4, -0.2) is 23.6 Å². The average molecular weight is 255 g/mol. The molecule has 18 heavy (non-hydrogen) atoms. The SMILES string of the molecule is CC1CCC(NCCCC(C)(C)C(N)=NO)CC1. The van der Waals surface area contributed by atoms with E-state index in [9.17, 15) is 0 Å². The Kier molecular flexibility index (Phi) is 5.93. The Morgan fingerprint density at radius 3 is 2.50 bits per heavy atom. The van der Waals surface area contributed by atoms with Gasteiger partial charge in [0.05, 0.1) is 0 Å². The van der Waals surface area contributed by atoms with Crippen molar-refractivity contribution in [3.8, 4) is 0 Å². The Morgan fingerprint density at radius 2 is 1.94 bits per heavy atom. The predicted octanol–water partition coefficient (Wildman–Crippen LogP) is 2.71. The fourth-order valence-electron chi connectivity index (χ4n) is 2.56. The third-order valence-electron chi connectivity index (χ3n) is 4.23. The van der Waals surface area contributed by atoms with E-state index in [4.69, 9.17) is 10.9 Å². The van der Waals surface area contributed by atoms with E-state index >= 15 is 0 Å². The van der Waals surface area contributed by atoms with Crippen LogP contribution in [0.4, 0.5) is 0 Å². The molecular formula is C14H29N3O. The lowest BCUT2D eigenvalue weighted by atomic mass is 9.86. The van der Waals surface area contributed by atoms with Crippen LogP contribution in [0.25, 0.3) is 0 Å². The third-order valence-corrected chi connectivity index (χ3v) is 4.23. The lowest BCUT2D eigenvalue weighted by Gasteiger charge is -2.28. The van der Waals surface area contributed by atoms with E-state index < -0.39 is 0 Å². The zero-order valence-corrected chi connectivity index (χ0v) is 12.1. The van der Waals surface area contributed by atoms with Crippen LogP contribution >= 0.6 is 0 Å². The molecule has 1 aliphatic rings. The Bertz CT molecular complexity index is 268. The van der Waals surface area contributed by atoms with Gasteiger partial charge in [-0.3, -0.25) is 0 Å². The molecule has 0 radical (unpaired) electrons. The maximum atomic E-state index is 8.70. The van der Waals surface area contributed by atoms with Gasteiger partial charge in [0.25, 0.3) is 0 Å². The summed E-state index contributed by atoms with van der Waals surface area (Å²) in [5.74, 6) is 1.23. The molecular weight excluding hydrogens is 226 g/mol. The molecule has 4 heteroatoms. The first-order valence-electron chi connectivity index (χ1n) is 7.17. The molecule has 0 heterocycles. The lowest BCUT2D eigenvalue weighted by molar-refractivity contribution is 0.296. The minimum Gasteiger partial charge on any atom is -0.409 e. The molecule has 106 valence electrons. The van der Waals surface area contributed by atoms with Crippen LogP contribution in [-0.2, 0) is 0 Å². The highest BCUT2D eigenvalue weighted by atomic mass is 16.4. The van der Waals surface area contributed by atoms with Crippen LogP contribution in [0.5, 0.6) is 0 Å². The number of oxime groups is 1. The molecule has 4 N–H and O–H groups in total. The molecule has 0 amide bonds. The average Bonchev–Trinajstić information content (AvgIpc) is 2.35. The molecule has 1 rings (SSSR count). The summed E-state index contributed by atoms with van der Waals surface area (Å²) < 4.78 is 0. The first-order chi connectivity index (χ1) is 8.45. The number of rotatable bonds is 6. The molecule has 1 aliphatic carbocycles. The van der Waals surface area contributed by atoms with E-state index in [1.807, 2.05) is 13.8 Å². The second-order valence-electron chi connectivity index (χ2n) is 6.38. The van der Waals surface area contributed by atoms with E-state index in [-0.39, 0.29) is 5.41 Å². The van der Waals surface area contributed by atoms with Gasteiger partial charge in [-0.1, -0.05) is 25.9 Å². The number of hydrogen-bond acceptors (Lipinski definition) is 3. The highest BCUT2D eigenvalue weighted by Gasteiger charge is 2.23. The third kappa shape index (κ3) is 4.84. The van der Waals surface area contributed by atoms with Crippen LogP contribution in [0.1, 0.15) is 59.3 Å². The zero-order chi connectivity index (χ0) is 13.6. The van der Waals surface area contributed by atoms with Crippen LogP contribution in [0.3, 0.4) is 0 Å². The quantitative estimate of drug-likeness (QED) is 0.225. The van der Waals surface area contributed by atoms with E-state index in [0.717, 1.165) is 25.3 Å². The van der Waals surface area contributed by atoms with Gasteiger partial charge in [0.1, 0.15) is 5.84 Å². The Labute approximate surface area is 111 Å². The van der Waals surface area contributed by atoms with Crippen molar-refractivity contribution in [2.24, 2.45) is 22.2 Å². The van der Waals surface area contributed by atoms with Crippen molar-refractivity contribution in [3.05, 3.63) is 0 Å². The summed E-state index contributed by atoms with van der Waals surface area (Å²) >= 11 is 0. The Hall–Kier alpha value is -0.770. The number of amidine groups is 1. The highest BCUT2D eigenvalue weighted by molar-refractivity contribution is 5.85. The van der Waals surface area contributed by atoms with Crippen molar-refractivity contribution in [1.82, 2.24) is 5.32 Å². The highest BCUT2D eigenvalue weighted by Crippen LogP contribution is 2.24. The van der Waals surface area contributed by atoms with Gasteiger partial charge in [0.15, 0.2) is 0 Å². The predicted molar refractivity (Wildman–Crippen MR) is 75.8 cm³/mol. The minimum absolute atomic E-state index is 0.211. The van der Waals surface area contributed by atoms with E-state index in [1.54, 1.807) is 0 Å². The van der Waals surface area contributed by atoms with Crippen LogP contribution in [0, 0.1) is 11.3 Å². The standard InChI is InChI=1S/C14H29N3O/c1-11-5-7-12(8-6-11)16-10-4-9-14(2,3)13(15)17-18/h11-12,16,18H,4-10H2,1-3H3,(H2,15,17). The molecule has 4 nitrogen and oxygen atoms in total. The summed E-state index contributed by atoms with van der Waals surface area (Å²) in [4.78, 5) is 0. The molecule has 0 aromatic rings. The molecule has 0 bridgehead atoms.